The predicted octanol–water partition coefficient (Wildman–Crippen LogP) is 3.32. The third-order valence-electron chi connectivity index (χ3n) is 4.44. The lowest BCUT2D eigenvalue weighted by atomic mass is 9.84. The monoisotopic (exact) mass is 303 g/mol. The van der Waals surface area contributed by atoms with Crippen molar-refractivity contribution in [1.29, 1.82) is 0 Å². The standard InChI is InChI=1S/C18H25NO3/c1-18(2,17(21)22)11-16(20)19(13-15-9-6-10-15)12-14-7-4-3-5-8-14/h3-5,7-8,15H,6,9-13H2,1-2H3,(H,21,22). The molecule has 0 unspecified atom stereocenters. The molecule has 0 saturated heterocycles. The number of hydrogen-bond donors (Lipinski definition) is 1. The van der Waals surface area contributed by atoms with E-state index in [-0.39, 0.29) is 12.3 Å². The van der Waals surface area contributed by atoms with Gasteiger partial charge in [-0.3, -0.25) is 9.59 Å². The maximum Gasteiger partial charge on any atom is 0.309 e. The average Bonchev–Trinajstić information content (AvgIpc) is 2.41. The first kappa shape index (κ1) is 16.5. The summed E-state index contributed by atoms with van der Waals surface area (Å²) in [5.41, 5.74) is 0.0642. The molecule has 1 aromatic carbocycles. The Morgan fingerprint density at radius 1 is 1.23 bits per heavy atom. The van der Waals surface area contributed by atoms with Gasteiger partial charge < -0.3 is 10.0 Å². The highest BCUT2D eigenvalue weighted by Gasteiger charge is 2.33. The van der Waals surface area contributed by atoms with Gasteiger partial charge in [-0.2, -0.15) is 0 Å². The number of carbonyl (C=O) groups is 2. The van der Waals surface area contributed by atoms with E-state index in [4.69, 9.17) is 0 Å². The molecule has 4 heteroatoms. The average molecular weight is 303 g/mol. The van der Waals surface area contributed by atoms with Crippen molar-refractivity contribution in [2.45, 2.75) is 46.1 Å². The molecule has 0 spiro atoms. The molecule has 1 saturated carbocycles. The van der Waals surface area contributed by atoms with Crippen LogP contribution in [0.1, 0.15) is 45.1 Å². The van der Waals surface area contributed by atoms with Crippen LogP contribution in [-0.4, -0.2) is 28.4 Å². The van der Waals surface area contributed by atoms with Crippen LogP contribution in [0.5, 0.6) is 0 Å². The Morgan fingerprint density at radius 3 is 2.36 bits per heavy atom. The zero-order valence-electron chi connectivity index (χ0n) is 13.4. The van der Waals surface area contributed by atoms with Crippen LogP contribution in [0, 0.1) is 11.3 Å². The first-order valence-corrected chi connectivity index (χ1v) is 7.93. The summed E-state index contributed by atoms with van der Waals surface area (Å²) < 4.78 is 0. The number of nitrogens with zero attached hydrogens (tertiary/aromatic N) is 1. The van der Waals surface area contributed by atoms with Crippen molar-refractivity contribution < 1.29 is 14.7 Å². The smallest absolute Gasteiger partial charge is 0.309 e. The van der Waals surface area contributed by atoms with Gasteiger partial charge in [-0.25, -0.2) is 0 Å². The van der Waals surface area contributed by atoms with Crippen LogP contribution in [0.3, 0.4) is 0 Å². The van der Waals surface area contributed by atoms with E-state index in [1.807, 2.05) is 35.2 Å². The second-order valence-corrected chi connectivity index (χ2v) is 6.92. The summed E-state index contributed by atoms with van der Waals surface area (Å²) >= 11 is 0. The molecule has 0 heterocycles. The predicted molar refractivity (Wildman–Crippen MR) is 85.2 cm³/mol. The van der Waals surface area contributed by atoms with Gasteiger partial charge in [-0.05, 0) is 38.2 Å². The molecular weight excluding hydrogens is 278 g/mol. The molecule has 1 N–H and O–H groups in total. The van der Waals surface area contributed by atoms with Gasteiger partial charge in [0.15, 0.2) is 0 Å². The lowest BCUT2D eigenvalue weighted by molar-refractivity contribution is -0.151. The lowest BCUT2D eigenvalue weighted by Gasteiger charge is -2.34. The van der Waals surface area contributed by atoms with Crippen LogP contribution in [0.4, 0.5) is 0 Å². The van der Waals surface area contributed by atoms with E-state index in [9.17, 15) is 14.7 Å². The molecule has 0 aliphatic heterocycles. The van der Waals surface area contributed by atoms with Crippen LogP contribution >= 0.6 is 0 Å². The Hall–Kier alpha value is -1.84. The van der Waals surface area contributed by atoms with Crippen LogP contribution in [0.25, 0.3) is 0 Å². The molecule has 22 heavy (non-hydrogen) atoms. The fraction of sp³-hybridized carbons (Fsp3) is 0.556. The third-order valence-corrected chi connectivity index (χ3v) is 4.44. The minimum atomic E-state index is -1.02. The zero-order valence-corrected chi connectivity index (χ0v) is 13.4. The molecule has 0 bridgehead atoms. The van der Waals surface area contributed by atoms with Crippen LogP contribution in [-0.2, 0) is 16.1 Å². The number of hydrogen-bond acceptors (Lipinski definition) is 2. The molecule has 4 nitrogen and oxygen atoms in total. The fourth-order valence-corrected chi connectivity index (χ4v) is 2.61. The fourth-order valence-electron chi connectivity index (χ4n) is 2.61. The van der Waals surface area contributed by atoms with E-state index >= 15 is 0 Å². The molecule has 0 radical (unpaired) electrons. The topological polar surface area (TPSA) is 57.6 Å². The number of carboxylic acid groups (broad SMARTS) is 1. The quantitative estimate of drug-likeness (QED) is 0.840. The first-order chi connectivity index (χ1) is 10.4. The molecule has 1 aliphatic carbocycles. The number of carboxylic acids is 1. The SMILES string of the molecule is CC(C)(CC(=O)N(Cc1ccccc1)CC1CCC1)C(=O)O. The van der Waals surface area contributed by atoms with Gasteiger partial charge in [0.05, 0.1) is 5.41 Å². The molecule has 0 atom stereocenters. The van der Waals surface area contributed by atoms with Crippen molar-refractivity contribution >= 4 is 11.9 Å². The van der Waals surface area contributed by atoms with Gasteiger partial charge in [0.25, 0.3) is 0 Å². The van der Waals surface area contributed by atoms with E-state index in [2.05, 4.69) is 0 Å². The van der Waals surface area contributed by atoms with Crippen LogP contribution in [0.2, 0.25) is 0 Å². The second kappa shape index (κ2) is 6.95. The van der Waals surface area contributed by atoms with Crippen molar-refractivity contribution in [2.75, 3.05) is 6.54 Å². The van der Waals surface area contributed by atoms with Gasteiger partial charge in [-0.1, -0.05) is 36.8 Å². The van der Waals surface area contributed by atoms with E-state index < -0.39 is 11.4 Å². The molecule has 2 rings (SSSR count). The Morgan fingerprint density at radius 2 is 1.86 bits per heavy atom. The largest absolute Gasteiger partial charge is 0.481 e. The number of aliphatic carboxylic acids is 1. The van der Waals surface area contributed by atoms with Crippen LogP contribution < -0.4 is 0 Å². The Kier molecular flexibility index (Phi) is 5.22. The van der Waals surface area contributed by atoms with E-state index in [0.29, 0.717) is 12.5 Å². The highest BCUT2D eigenvalue weighted by molar-refractivity contribution is 5.84. The van der Waals surface area contributed by atoms with Crippen molar-refractivity contribution in [1.82, 2.24) is 4.90 Å². The zero-order chi connectivity index (χ0) is 16.2. The van der Waals surface area contributed by atoms with Crippen molar-refractivity contribution in [3.05, 3.63) is 35.9 Å². The van der Waals surface area contributed by atoms with Gasteiger partial charge >= 0.3 is 5.97 Å². The summed E-state index contributed by atoms with van der Waals surface area (Å²) in [4.78, 5) is 25.7. The highest BCUT2D eigenvalue weighted by atomic mass is 16.4. The molecule has 1 amide bonds. The molecule has 1 fully saturated rings. The number of benzene rings is 1. The summed E-state index contributed by atoms with van der Waals surface area (Å²) in [6, 6.07) is 9.88. The second-order valence-electron chi connectivity index (χ2n) is 6.92. The van der Waals surface area contributed by atoms with Gasteiger partial charge in [0.2, 0.25) is 5.91 Å². The minimum Gasteiger partial charge on any atom is -0.481 e. The third kappa shape index (κ3) is 4.33. The normalized spacial score (nSPS) is 15.2. The van der Waals surface area contributed by atoms with Gasteiger partial charge in [0, 0.05) is 19.5 Å². The number of carbonyl (C=O) groups excluding carboxylic acids is 1. The summed E-state index contributed by atoms with van der Waals surface area (Å²) in [6.45, 7) is 4.52. The summed E-state index contributed by atoms with van der Waals surface area (Å²) in [7, 11) is 0. The van der Waals surface area contributed by atoms with Gasteiger partial charge in [0.1, 0.15) is 0 Å². The maximum atomic E-state index is 12.6. The molecule has 120 valence electrons. The minimum absolute atomic E-state index is 0.0435. The Balaban J connectivity index is 2.05. The lowest BCUT2D eigenvalue weighted by Crippen LogP contribution is -2.40. The summed E-state index contributed by atoms with van der Waals surface area (Å²) in [6.07, 6.45) is 3.61. The van der Waals surface area contributed by atoms with Crippen LogP contribution in [0.15, 0.2) is 30.3 Å². The number of rotatable bonds is 7. The van der Waals surface area contributed by atoms with Crippen molar-refractivity contribution in [3.63, 3.8) is 0 Å². The summed E-state index contributed by atoms with van der Waals surface area (Å²) in [5.74, 6) is -0.423. The number of amides is 1. The van der Waals surface area contributed by atoms with Gasteiger partial charge in [-0.15, -0.1) is 0 Å². The Labute approximate surface area is 132 Å². The van der Waals surface area contributed by atoms with Crippen molar-refractivity contribution in [3.8, 4) is 0 Å². The Bertz CT molecular complexity index is 520. The maximum absolute atomic E-state index is 12.6. The molecule has 1 aliphatic rings. The molecule has 1 aromatic rings. The van der Waals surface area contributed by atoms with E-state index in [1.165, 1.54) is 19.3 Å². The molecular formula is C18H25NO3. The van der Waals surface area contributed by atoms with E-state index in [1.54, 1.807) is 13.8 Å². The first-order valence-electron chi connectivity index (χ1n) is 7.93. The summed E-state index contributed by atoms with van der Waals surface area (Å²) in [5, 5.41) is 9.23. The molecule has 0 aromatic heterocycles. The van der Waals surface area contributed by atoms with Crippen molar-refractivity contribution in [2.24, 2.45) is 11.3 Å². The highest BCUT2D eigenvalue weighted by Crippen LogP contribution is 2.29. The van der Waals surface area contributed by atoms with E-state index in [0.717, 1.165) is 12.1 Å².